The fraction of sp³-hybridized carbons (Fsp3) is 0.0455. The van der Waals surface area contributed by atoms with Crippen LogP contribution in [0.25, 0.3) is 31.8 Å². The molecule has 0 saturated heterocycles. The van der Waals surface area contributed by atoms with Gasteiger partial charge in [0.1, 0.15) is 5.01 Å². The Morgan fingerprint density at radius 3 is 2.55 bits per heavy atom. The van der Waals surface area contributed by atoms with Crippen LogP contribution in [0.1, 0.15) is 10.4 Å². The van der Waals surface area contributed by atoms with Crippen molar-refractivity contribution in [3.63, 3.8) is 0 Å². The number of hydrogen-bond donors (Lipinski definition) is 2. The molecule has 1 atom stereocenters. The number of nitrogens with zero attached hydrogens (tertiary/aromatic N) is 2. The summed E-state index contributed by atoms with van der Waals surface area (Å²) in [4.78, 5) is 22.0. The number of benzene rings is 3. The van der Waals surface area contributed by atoms with Crippen molar-refractivity contribution in [2.24, 2.45) is 16.5 Å². The van der Waals surface area contributed by atoms with Gasteiger partial charge in [-0.05, 0) is 29.6 Å². The van der Waals surface area contributed by atoms with Gasteiger partial charge in [-0.2, -0.15) is 4.99 Å². The van der Waals surface area contributed by atoms with Crippen LogP contribution in [0.5, 0.6) is 0 Å². The zero-order valence-corrected chi connectivity index (χ0v) is 17.5. The fourth-order valence-electron chi connectivity index (χ4n) is 3.16. The van der Waals surface area contributed by atoms with Gasteiger partial charge in [-0.15, -0.1) is 11.3 Å². The van der Waals surface area contributed by atoms with Crippen LogP contribution in [0.3, 0.4) is 0 Å². The molecule has 0 aliphatic heterocycles. The van der Waals surface area contributed by atoms with Crippen molar-refractivity contribution in [2.75, 3.05) is 6.66 Å². The van der Waals surface area contributed by atoms with Crippen LogP contribution in [0, 0.1) is 0 Å². The molecule has 1 unspecified atom stereocenters. The molecule has 0 aliphatic rings. The highest BCUT2D eigenvalue weighted by Gasteiger charge is 2.16. The van der Waals surface area contributed by atoms with E-state index in [-0.39, 0.29) is 5.96 Å². The number of amides is 1. The van der Waals surface area contributed by atoms with Crippen LogP contribution in [0.15, 0.2) is 71.7 Å². The van der Waals surface area contributed by atoms with Gasteiger partial charge in [0.2, 0.25) is 0 Å². The maximum absolute atomic E-state index is 12.3. The first-order chi connectivity index (χ1) is 14.1. The third kappa shape index (κ3) is 3.90. The second-order valence-corrected chi connectivity index (χ2v) is 8.37. The maximum atomic E-state index is 12.3. The molecule has 7 heteroatoms. The minimum atomic E-state index is -0.450. The lowest BCUT2D eigenvalue weighted by molar-refractivity contribution is 0.100. The third-order valence-electron chi connectivity index (χ3n) is 4.49. The molecular weight excluding hydrogens is 399 g/mol. The van der Waals surface area contributed by atoms with E-state index in [1.54, 1.807) is 17.4 Å². The molecule has 0 saturated carbocycles. The van der Waals surface area contributed by atoms with E-state index in [0.717, 1.165) is 37.2 Å². The van der Waals surface area contributed by atoms with Gasteiger partial charge in [0.25, 0.3) is 5.91 Å². The maximum Gasteiger partial charge on any atom is 0.280 e. The quantitative estimate of drug-likeness (QED) is 0.298. The number of aromatic nitrogens is 1. The smallest absolute Gasteiger partial charge is 0.280 e. The monoisotopic (exact) mass is 418 g/mol. The number of aliphatic imine (C=N–C) groups is 1. The summed E-state index contributed by atoms with van der Waals surface area (Å²) in [6, 6.07) is 21.8. The number of rotatable bonds is 4. The summed E-state index contributed by atoms with van der Waals surface area (Å²) in [6.45, 7) is 2.13. The number of hydrogen-bond acceptors (Lipinski definition) is 3. The number of guanidine groups is 1. The Labute approximate surface area is 174 Å². The third-order valence-corrected chi connectivity index (χ3v) is 6.64. The highest BCUT2D eigenvalue weighted by Crippen LogP contribution is 2.37. The molecule has 0 bridgehead atoms. The Morgan fingerprint density at radius 2 is 1.83 bits per heavy atom. The van der Waals surface area contributed by atoms with Gasteiger partial charge < -0.3 is 11.5 Å². The van der Waals surface area contributed by atoms with Gasteiger partial charge in [-0.25, -0.2) is 4.98 Å². The molecule has 3 aromatic carbocycles. The molecule has 4 N–H and O–H groups in total. The minimum Gasteiger partial charge on any atom is -0.370 e. The van der Waals surface area contributed by atoms with Gasteiger partial charge in [-0.1, -0.05) is 63.2 Å². The van der Waals surface area contributed by atoms with Crippen LogP contribution in [0.2, 0.25) is 0 Å². The summed E-state index contributed by atoms with van der Waals surface area (Å²) in [5, 5.41) is 3.02. The van der Waals surface area contributed by atoms with Gasteiger partial charge in [0.05, 0.1) is 10.3 Å². The molecule has 1 aromatic heterocycles. The topological polar surface area (TPSA) is 94.4 Å². The largest absolute Gasteiger partial charge is 0.370 e. The molecule has 0 aliphatic carbocycles. The van der Waals surface area contributed by atoms with E-state index in [9.17, 15) is 4.79 Å². The van der Waals surface area contributed by atoms with Gasteiger partial charge >= 0.3 is 0 Å². The van der Waals surface area contributed by atoms with E-state index in [0.29, 0.717) is 14.1 Å². The highest BCUT2D eigenvalue weighted by molar-refractivity contribution is 7.47. The van der Waals surface area contributed by atoms with Crippen molar-refractivity contribution in [1.29, 1.82) is 0 Å². The Hall–Kier alpha value is -3.08. The van der Waals surface area contributed by atoms with Crippen molar-refractivity contribution in [3.8, 4) is 21.0 Å². The van der Waals surface area contributed by atoms with Crippen LogP contribution >= 0.6 is 19.9 Å². The van der Waals surface area contributed by atoms with Gasteiger partial charge in [0.15, 0.2) is 5.96 Å². The zero-order valence-electron chi connectivity index (χ0n) is 15.7. The molecule has 0 radical (unpaired) electrons. The summed E-state index contributed by atoms with van der Waals surface area (Å²) in [5.74, 6) is -0.693. The van der Waals surface area contributed by atoms with E-state index in [1.165, 1.54) is 0 Å². The normalized spacial score (nSPS) is 11.2. The lowest BCUT2D eigenvalue weighted by atomic mass is 10.0. The van der Waals surface area contributed by atoms with E-state index < -0.39 is 5.91 Å². The number of fused-ring (bicyclic) bond motifs is 1. The van der Waals surface area contributed by atoms with Crippen molar-refractivity contribution in [1.82, 2.24) is 4.98 Å². The average Bonchev–Trinajstić information content (AvgIpc) is 3.17. The van der Waals surface area contributed by atoms with Crippen LogP contribution < -0.4 is 16.9 Å². The van der Waals surface area contributed by atoms with E-state index in [1.807, 2.05) is 42.5 Å². The van der Waals surface area contributed by atoms with E-state index in [2.05, 4.69) is 29.9 Å². The molecule has 0 fully saturated rings. The average molecular weight is 418 g/mol. The standard InChI is InChI=1S/C22H19N4OPS/c1-28-20-18(29-21(26-20)14-6-3-2-4-7-14)16-9-5-8-13-10-11-15(12-17(13)16)19(27)25-22(23)24/h2-12,28H,1H3,(H4,23,24,25,27). The van der Waals surface area contributed by atoms with Crippen molar-refractivity contribution in [3.05, 3.63) is 72.3 Å². The van der Waals surface area contributed by atoms with Gasteiger partial charge in [0, 0.05) is 16.7 Å². The molecule has 1 heterocycles. The van der Waals surface area contributed by atoms with Crippen LogP contribution in [-0.4, -0.2) is 23.5 Å². The molecule has 144 valence electrons. The minimum absolute atomic E-state index is 0.243. The second kappa shape index (κ2) is 8.11. The number of thiazole rings is 1. The number of carbonyl (C=O) groups is 1. The summed E-state index contributed by atoms with van der Waals surface area (Å²) < 4.78 is 0. The zero-order chi connectivity index (χ0) is 20.4. The Balaban J connectivity index is 1.89. The molecule has 4 aromatic rings. The van der Waals surface area contributed by atoms with Crippen molar-refractivity contribution < 1.29 is 4.79 Å². The first kappa shape index (κ1) is 19.2. The van der Waals surface area contributed by atoms with E-state index >= 15 is 0 Å². The molecule has 29 heavy (non-hydrogen) atoms. The Morgan fingerprint density at radius 1 is 1.03 bits per heavy atom. The van der Waals surface area contributed by atoms with Crippen LogP contribution in [0.4, 0.5) is 0 Å². The van der Waals surface area contributed by atoms with E-state index in [4.69, 9.17) is 16.5 Å². The lowest BCUT2D eigenvalue weighted by Gasteiger charge is -2.07. The SMILES string of the molecule is CPc1nc(-c2ccccc2)sc1-c1cccc2ccc(C(=O)N=C(N)N)cc12. The predicted molar refractivity (Wildman–Crippen MR) is 125 cm³/mol. The summed E-state index contributed by atoms with van der Waals surface area (Å²) in [7, 11) is 0.558. The lowest BCUT2D eigenvalue weighted by Crippen LogP contribution is -2.24. The first-order valence-electron chi connectivity index (χ1n) is 8.98. The summed E-state index contributed by atoms with van der Waals surface area (Å²) >= 11 is 1.67. The number of carbonyl (C=O) groups excluding carboxylic acids is 1. The Bertz CT molecular complexity index is 1230. The molecule has 5 nitrogen and oxygen atoms in total. The fourth-order valence-corrected chi connectivity index (χ4v) is 5.30. The summed E-state index contributed by atoms with van der Waals surface area (Å²) in [6.07, 6.45) is 0. The Kier molecular flexibility index (Phi) is 5.38. The van der Waals surface area contributed by atoms with Crippen molar-refractivity contribution >= 4 is 48.0 Å². The van der Waals surface area contributed by atoms with Gasteiger partial charge in [-0.3, -0.25) is 4.79 Å². The van der Waals surface area contributed by atoms with Crippen LogP contribution in [-0.2, 0) is 0 Å². The molecular formula is C22H19N4OPS. The molecule has 1 amide bonds. The molecule has 0 spiro atoms. The number of nitrogens with two attached hydrogens (primary N) is 2. The first-order valence-corrected chi connectivity index (χ1v) is 11.3. The summed E-state index contributed by atoms with van der Waals surface area (Å²) in [5.41, 5.74) is 14.4. The van der Waals surface area contributed by atoms with Crippen molar-refractivity contribution in [2.45, 2.75) is 0 Å². The highest BCUT2D eigenvalue weighted by atomic mass is 32.1. The predicted octanol–water partition coefficient (Wildman–Crippen LogP) is 3.98. The molecule has 4 rings (SSSR count). The second-order valence-electron chi connectivity index (χ2n) is 6.40.